The lowest BCUT2D eigenvalue weighted by atomic mass is 10.3. The minimum absolute atomic E-state index is 0.0274. The van der Waals surface area contributed by atoms with Crippen molar-refractivity contribution in [2.45, 2.75) is 32.2 Å². The van der Waals surface area contributed by atoms with E-state index in [1.807, 2.05) is 0 Å². The van der Waals surface area contributed by atoms with Crippen LogP contribution in [0, 0.1) is 0 Å². The van der Waals surface area contributed by atoms with Crippen molar-refractivity contribution in [1.82, 2.24) is 0 Å². The van der Waals surface area contributed by atoms with Crippen LogP contribution in [0.3, 0.4) is 0 Å². The Kier molecular flexibility index (Phi) is 4.37. The molecular weight excluding hydrogens is 183 g/mol. The molecule has 1 atom stereocenters. The van der Waals surface area contributed by atoms with Crippen molar-refractivity contribution in [3.63, 3.8) is 0 Å². The van der Waals surface area contributed by atoms with Crippen LogP contribution in [-0.2, 0) is 9.09 Å². The first-order chi connectivity index (χ1) is 5.37. The Morgan fingerprint density at radius 2 is 1.92 bits per heavy atom. The first kappa shape index (κ1) is 12.1. The summed E-state index contributed by atoms with van der Waals surface area (Å²) in [7, 11) is -4.30. The zero-order valence-corrected chi connectivity index (χ0v) is 8.12. The van der Waals surface area contributed by atoms with E-state index in [1.54, 1.807) is 6.92 Å². The third kappa shape index (κ3) is 2.84. The van der Waals surface area contributed by atoms with Gasteiger partial charge in [0.25, 0.3) is 5.53 Å². The van der Waals surface area contributed by atoms with E-state index in [2.05, 4.69) is 4.52 Å². The lowest BCUT2D eigenvalue weighted by Crippen LogP contribution is -2.28. The molecule has 0 fully saturated rings. The van der Waals surface area contributed by atoms with Crippen molar-refractivity contribution >= 4 is 7.60 Å². The van der Waals surface area contributed by atoms with E-state index in [0.717, 1.165) is 0 Å². The maximum absolute atomic E-state index is 11.1. The predicted molar refractivity (Wildman–Crippen MR) is 43.5 cm³/mol. The molecule has 0 rings (SSSR count). The smallest absolute Gasteiger partial charge is 0.356 e. The molecule has 0 radical (unpaired) electrons. The second-order valence-corrected chi connectivity index (χ2v) is 4.48. The van der Waals surface area contributed by atoms with Gasteiger partial charge in [-0.15, -0.1) is 0 Å². The fourth-order valence-corrected chi connectivity index (χ4v) is 1.82. The molecule has 0 amide bonds. The van der Waals surface area contributed by atoms with Gasteiger partial charge >= 0.3 is 7.60 Å². The lowest BCUT2D eigenvalue weighted by Gasteiger charge is -2.25. The molecule has 74 valence electrons. The zero-order chi connectivity index (χ0) is 9.83. The molecule has 5 nitrogen and oxygen atoms in total. The van der Waals surface area contributed by atoms with E-state index in [0.29, 0.717) is 6.42 Å². The average molecular weight is 198 g/mol. The van der Waals surface area contributed by atoms with Gasteiger partial charge in [0.15, 0.2) is 0 Å². The molecule has 0 saturated carbocycles. The Labute approximate surface area is 71.5 Å². The fourth-order valence-electron chi connectivity index (χ4n) is 0.755. The SMILES string of the molecule is CCCC(O)(O)P(=O)(O)OCC. The zero-order valence-electron chi connectivity index (χ0n) is 7.23. The summed E-state index contributed by atoms with van der Waals surface area (Å²) in [5.74, 6) is 0. The van der Waals surface area contributed by atoms with E-state index in [1.165, 1.54) is 6.92 Å². The van der Waals surface area contributed by atoms with Crippen LogP contribution in [0.1, 0.15) is 26.7 Å². The monoisotopic (exact) mass is 198 g/mol. The van der Waals surface area contributed by atoms with Gasteiger partial charge in [0.1, 0.15) is 0 Å². The van der Waals surface area contributed by atoms with E-state index in [-0.39, 0.29) is 13.0 Å². The highest BCUT2D eigenvalue weighted by atomic mass is 31.2. The fraction of sp³-hybridized carbons (Fsp3) is 1.00. The molecule has 0 aromatic rings. The maximum Gasteiger partial charge on any atom is 0.386 e. The van der Waals surface area contributed by atoms with Gasteiger partial charge in [0.05, 0.1) is 6.61 Å². The van der Waals surface area contributed by atoms with Crippen LogP contribution in [0.15, 0.2) is 0 Å². The van der Waals surface area contributed by atoms with Crippen LogP contribution in [0.2, 0.25) is 0 Å². The second-order valence-electron chi connectivity index (χ2n) is 2.46. The van der Waals surface area contributed by atoms with Crippen molar-refractivity contribution in [1.29, 1.82) is 0 Å². The van der Waals surface area contributed by atoms with Crippen LogP contribution in [-0.4, -0.2) is 27.2 Å². The second kappa shape index (κ2) is 4.35. The number of aliphatic hydroxyl groups is 2. The van der Waals surface area contributed by atoms with Gasteiger partial charge in [0, 0.05) is 6.42 Å². The first-order valence-electron chi connectivity index (χ1n) is 3.79. The quantitative estimate of drug-likeness (QED) is 0.446. The highest BCUT2D eigenvalue weighted by Crippen LogP contribution is 2.54. The third-order valence-electron chi connectivity index (χ3n) is 1.34. The van der Waals surface area contributed by atoms with Crippen molar-refractivity contribution in [3.8, 4) is 0 Å². The Hall–Kier alpha value is 0.0700. The van der Waals surface area contributed by atoms with Gasteiger partial charge in [-0.3, -0.25) is 4.57 Å². The number of rotatable bonds is 5. The molecule has 12 heavy (non-hydrogen) atoms. The molecule has 6 heteroatoms. The van der Waals surface area contributed by atoms with Crippen LogP contribution >= 0.6 is 7.60 Å². The first-order valence-corrected chi connectivity index (χ1v) is 5.37. The van der Waals surface area contributed by atoms with Gasteiger partial charge in [-0.1, -0.05) is 13.3 Å². The molecule has 0 aliphatic carbocycles. The van der Waals surface area contributed by atoms with Crippen molar-refractivity contribution < 1.29 is 24.2 Å². The summed E-state index contributed by atoms with van der Waals surface area (Å²) in [6.07, 6.45) is 0.214. The topological polar surface area (TPSA) is 87.0 Å². The maximum atomic E-state index is 11.1. The molecule has 0 spiro atoms. The van der Waals surface area contributed by atoms with Gasteiger partial charge in [-0.25, -0.2) is 0 Å². The molecule has 3 N–H and O–H groups in total. The molecule has 0 aromatic carbocycles. The van der Waals surface area contributed by atoms with Gasteiger partial charge in [-0.2, -0.15) is 0 Å². The lowest BCUT2D eigenvalue weighted by molar-refractivity contribution is -0.111. The molecular formula is C6H15O5P. The van der Waals surface area contributed by atoms with Gasteiger partial charge in [-0.05, 0) is 6.92 Å². The molecule has 0 aliphatic rings. The van der Waals surface area contributed by atoms with Crippen LogP contribution in [0.5, 0.6) is 0 Å². The summed E-state index contributed by atoms with van der Waals surface area (Å²) in [6.45, 7) is 3.15. The third-order valence-corrected chi connectivity index (χ3v) is 3.08. The molecule has 1 unspecified atom stereocenters. The summed E-state index contributed by atoms with van der Waals surface area (Å²) in [6, 6.07) is 0. The molecule has 0 aliphatic heterocycles. The number of hydrogen-bond donors (Lipinski definition) is 3. The van der Waals surface area contributed by atoms with Crippen molar-refractivity contribution in [2.75, 3.05) is 6.61 Å². The summed E-state index contributed by atoms with van der Waals surface area (Å²) in [5.41, 5.74) is -2.61. The molecule has 0 heterocycles. The van der Waals surface area contributed by atoms with Crippen molar-refractivity contribution in [2.24, 2.45) is 0 Å². The predicted octanol–water partition coefficient (Wildman–Crippen LogP) is 0.647. The van der Waals surface area contributed by atoms with E-state index < -0.39 is 13.1 Å². The van der Waals surface area contributed by atoms with E-state index in [9.17, 15) is 4.57 Å². The number of hydrogen-bond acceptors (Lipinski definition) is 4. The summed E-state index contributed by atoms with van der Waals surface area (Å²) < 4.78 is 15.4. The molecule has 0 aromatic heterocycles. The van der Waals surface area contributed by atoms with Gasteiger partial charge < -0.3 is 19.6 Å². The van der Waals surface area contributed by atoms with Crippen LogP contribution < -0.4 is 0 Å². The normalized spacial score (nSPS) is 17.4. The van der Waals surface area contributed by atoms with Crippen LogP contribution in [0.4, 0.5) is 0 Å². The Bertz CT molecular complexity index is 179. The summed E-state index contributed by atoms with van der Waals surface area (Å²) >= 11 is 0. The average Bonchev–Trinajstić information content (AvgIpc) is 1.86. The van der Waals surface area contributed by atoms with E-state index in [4.69, 9.17) is 15.1 Å². The van der Waals surface area contributed by atoms with Crippen LogP contribution in [0.25, 0.3) is 0 Å². The molecule has 0 saturated heterocycles. The summed E-state index contributed by atoms with van der Waals surface area (Å²) in [5, 5.41) is 18.2. The molecule has 0 bridgehead atoms. The van der Waals surface area contributed by atoms with E-state index >= 15 is 0 Å². The Balaban J connectivity index is 4.40. The minimum Gasteiger partial charge on any atom is -0.356 e. The summed E-state index contributed by atoms with van der Waals surface area (Å²) in [4.78, 5) is 9.01. The minimum atomic E-state index is -4.30. The Morgan fingerprint density at radius 3 is 2.25 bits per heavy atom. The van der Waals surface area contributed by atoms with Gasteiger partial charge in [0.2, 0.25) is 0 Å². The Morgan fingerprint density at radius 1 is 1.42 bits per heavy atom. The largest absolute Gasteiger partial charge is 0.386 e. The highest BCUT2D eigenvalue weighted by molar-refractivity contribution is 7.54. The highest BCUT2D eigenvalue weighted by Gasteiger charge is 2.44. The van der Waals surface area contributed by atoms with Crippen molar-refractivity contribution in [3.05, 3.63) is 0 Å². The standard InChI is InChI=1S/C6H15O5P/c1-3-5-6(7,8)12(9,10)11-4-2/h7-8H,3-5H2,1-2H3,(H,9,10).